The van der Waals surface area contributed by atoms with Crippen LogP contribution in [0.25, 0.3) is 0 Å². The van der Waals surface area contributed by atoms with Crippen molar-refractivity contribution < 1.29 is 0 Å². The van der Waals surface area contributed by atoms with E-state index >= 15 is 0 Å². The molecular formula is C14H21ClN2. The van der Waals surface area contributed by atoms with Crippen LogP contribution in [0.15, 0.2) is 18.2 Å². The Morgan fingerprint density at radius 3 is 2.65 bits per heavy atom. The maximum absolute atomic E-state index is 6.02. The number of nitrogens with zero attached hydrogens (tertiary/aromatic N) is 1. The average Bonchev–Trinajstić information content (AvgIpc) is 2.54. The predicted molar refractivity (Wildman–Crippen MR) is 75.1 cm³/mol. The lowest BCUT2D eigenvalue weighted by Crippen LogP contribution is -2.38. The van der Waals surface area contributed by atoms with Crippen LogP contribution in [0.4, 0.5) is 5.69 Å². The minimum Gasteiger partial charge on any atom is -0.365 e. The molecule has 1 N–H and O–H groups in total. The van der Waals surface area contributed by atoms with Crippen LogP contribution in [0.5, 0.6) is 0 Å². The van der Waals surface area contributed by atoms with E-state index in [1.165, 1.54) is 17.7 Å². The highest BCUT2D eigenvalue weighted by molar-refractivity contribution is 6.30. The van der Waals surface area contributed by atoms with Gasteiger partial charge in [-0.05, 0) is 58.0 Å². The van der Waals surface area contributed by atoms with Crippen LogP contribution in [0.1, 0.15) is 25.8 Å². The van der Waals surface area contributed by atoms with Gasteiger partial charge in [-0.15, -0.1) is 0 Å². The molecule has 1 saturated heterocycles. The molecule has 1 fully saturated rings. The summed E-state index contributed by atoms with van der Waals surface area (Å²) < 4.78 is 0. The van der Waals surface area contributed by atoms with Crippen LogP contribution in [0.2, 0.25) is 5.02 Å². The Morgan fingerprint density at radius 1 is 1.41 bits per heavy atom. The van der Waals surface area contributed by atoms with E-state index in [9.17, 15) is 0 Å². The summed E-state index contributed by atoms with van der Waals surface area (Å²) in [5, 5.41) is 4.20. The third-order valence-corrected chi connectivity index (χ3v) is 3.97. The number of hydrogen-bond acceptors (Lipinski definition) is 2. The Balaban J connectivity index is 2.33. The zero-order valence-electron chi connectivity index (χ0n) is 11.0. The zero-order valence-corrected chi connectivity index (χ0v) is 11.8. The number of anilines is 1. The first-order valence-corrected chi connectivity index (χ1v) is 6.53. The summed E-state index contributed by atoms with van der Waals surface area (Å²) in [5.41, 5.74) is 2.76. The lowest BCUT2D eigenvalue weighted by molar-refractivity contribution is 0.487. The number of rotatable bonds is 2. The van der Waals surface area contributed by atoms with Crippen LogP contribution in [-0.4, -0.2) is 25.2 Å². The van der Waals surface area contributed by atoms with E-state index in [-0.39, 0.29) is 5.54 Å². The molecule has 1 aliphatic heterocycles. The maximum atomic E-state index is 6.02. The van der Waals surface area contributed by atoms with Crippen molar-refractivity contribution in [2.24, 2.45) is 0 Å². The fourth-order valence-corrected chi connectivity index (χ4v) is 3.01. The lowest BCUT2D eigenvalue weighted by Gasteiger charge is -2.34. The second kappa shape index (κ2) is 4.51. The van der Waals surface area contributed by atoms with E-state index in [1.807, 2.05) is 19.2 Å². The van der Waals surface area contributed by atoms with E-state index < -0.39 is 0 Å². The van der Waals surface area contributed by atoms with Crippen LogP contribution in [0.3, 0.4) is 0 Å². The molecule has 2 nitrogen and oxygen atoms in total. The Hall–Kier alpha value is -0.730. The average molecular weight is 253 g/mol. The van der Waals surface area contributed by atoms with Crippen molar-refractivity contribution >= 4 is 17.3 Å². The summed E-state index contributed by atoms with van der Waals surface area (Å²) in [4.78, 5) is 2.49. The number of aryl methyl sites for hydroxylation is 1. The van der Waals surface area contributed by atoms with Gasteiger partial charge in [-0.1, -0.05) is 11.6 Å². The molecule has 1 unspecified atom stereocenters. The van der Waals surface area contributed by atoms with Crippen LogP contribution in [-0.2, 0) is 0 Å². The van der Waals surface area contributed by atoms with Crippen molar-refractivity contribution in [1.82, 2.24) is 5.32 Å². The largest absolute Gasteiger partial charge is 0.365 e. The fourth-order valence-electron chi connectivity index (χ4n) is 2.78. The maximum Gasteiger partial charge on any atom is 0.0410 e. The molecule has 2 rings (SSSR count). The minimum atomic E-state index is 0.201. The summed E-state index contributed by atoms with van der Waals surface area (Å²) >= 11 is 6.02. The molecule has 0 amide bonds. The number of likely N-dealkylation sites (N-methyl/N-ethyl adjacent to an activating group) is 1. The predicted octanol–water partition coefficient (Wildman–Crippen LogP) is 3.23. The smallest absolute Gasteiger partial charge is 0.0410 e. The summed E-state index contributed by atoms with van der Waals surface area (Å²) in [5.74, 6) is 0. The molecule has 0 spiro atoms. The topological polar surface area (TPSA) is 15.3 Å². The number of benzene rings is 1. The van der Waals surface area contributed by atoms with Gasteiger partial charge in [-0.25, -0.2) is 0 Å². The van der Waals surface area contributed by atoms with E-state index in [0.29, 0.717) is 6.04 Å². The van der Waals surface area contributed by atoms with Gasteiger partial charge in [-0.2, -0.15) is 0 Å². The van der Waals surface area contributed by atoms with E-state index in [2.05, 4.69) is 37.1 Å². The van der Waals surface area contributed by atoms with E-state index in [1.54, 1.807) is 0 Å². The molecule has 0 saturated carbocycles. The molecule has 1 aromatic rings. The summed E-state index contributed by atoms with van der Waals surface area (Å²) in [6.45, 7) is 7.80. The second-order valence-corrected chi connectivity index (χ2v) is 5.98. The molecule has 1 aliphatic rings. The highest BCUT2D eigenvalue weighted by atomic mass is 35.5. The highest BCUT2D eigenvalue weighted by Crippen LogP contribution is 2.36. The summed E-state index contributed by atoms with van der Waals surface area (Å²) in [6.07, 6.45) is 1.17. The molecule has 1 heterocycles. The Labute approximate surface area is 109 Å². The Bertz CT molecular complexity index is 415. The first-order valence-electron chi connectivity index (χ1n) is 6.15. The molecule has 94 valence electrons. The first-order chi connectivity index (χ1) is 7.94. The van der Waals surface area contributed by atoms with Crippen LogP contribution >= 0.6 is 11.6 Å². The molecular weight excluding hydrogens is 232 g/mol. The van der Waals surface area contributed by atoms with Crippen molar-refractivity contribution in [2.45, 2.75) is 38.8 Å². The SMILES string of the molecule is CNC1CN(c2ccc(Cl)cc2C)C(C)(C)C1. The van der Waals surface area contributed by atoms with Crippen molar-refractivity contribution in [3.63, 3.8) is 0 Å². The van der Waals surface area contributed by atoms with Gasteiger partial charge in [0.15, 0.2) is 0 Å². The molecule has 1 aromatic carbocycles. The molecule has 1 atom stereocenters. The second-order valence-electron chi connectivity index (χ2n) is 5.54. The third-order valence-electron chi connectivity index (χ3n) is 3.74. The Morgan fingerprint density at radius 2 is 2.12 bits per heavy atom. The Kier molecular flexibility index (Phi) is 3.37. The molecule has 0 aromatic heterocycles. The van der Waals surface area contributed by atoms with Gasteiger partial charge in [0, 0.05) is 28.8 Å². The number of halogens is 1. The monoisotopic (exact) mass is 252 g/mol. The summed E-state index contributed by atoms with van der Waals surface area (Å²) in [6, 6.07) is 6.73. The van der Waals surface area contributed by atoms with Crippen molar-refractivity contribution in [3.8, 4) is 0 Å². The minimum absolute atomic E-state index is 0.201. The molecule has 3 heteroatoms. The van der Waals surface area contributed by atoms with Crippen molar-refractivity contribution in [3.05, 3.63) is 28.8 Å². The van der Waals surface area contributed by atoms with Gasteiger partial charge < -0.3 is 10.2 Å². The fraction of sp³-hybridized carbons (Fsp3) is 0.571. The van der Waals surface area contributed by atoms with Gasteiger partial charge in [0.25, 0.3) is 0 Å². The van der Waals surface area contributed by atoms with Gasteiger partial charge in [0.2, 0.25) is 0 Å². The van der Waals surface area contributed by atoms with Crippen LogP contribution < -0.4 is 10.2 Å². The quantitative estimate of drug-likeness (QED) is 0.870. The molecule has 0 aliphatic carbocycles. The van der Waals surface area contributed by atoms with Crippen LogP contribution in [0, 0.1) is 6.92 Å². The van der Waals surface area contributed by atoms with Crippen molar-refractivity contribution in [1.29, 1.82) is 0 Å². The van der Waals surface area contributed by atoms with E-state index in [4.69, 9.17) is 11.6 Å². The highest BCUT2D eigenvalue weighted by Gasteiger charge is 2.38. The van der Waals surface area contributed by atoms with Gasteiger partial charge in [0.05, 0.1) is 0 Å². The standard InChI is InChI=1S/C14H21ClN2/c1-10-7-11(15)5-6-13(10)17-9-12(16-4)8-14(17,2)3/h5-7,12,16H,8-9H2,1-4H3. The van der Waals surface area contributed by atoms with Gasteiger partial charge in [-0.3, -0.25) is 0 Å². The van der Waals surface area contributed by atoms with Crippen molar-refractivity contribution in [2.75, 3.05) is 18.5 Å². The first kappa shape index (κ1) is 12.7. The molecule has 17 heavy (non-hydrogen) atoms. The third kappa shape index (κ3) is 2.43. The zero-order chi connectivity index (χ0) is 12.6. The molecule has 0 radical (unpaired) electrons. The van der Waals surface area contributed by atoms with E-state index in [0.717, 1.165) is 11.6 Å². The number of nitrogens with one attached hydrogen (secondary N) is 1. The number of hydrogen-bond donors (Lipinski definition) is 1. The normalized spacial score (nSPS) is 23.1. The summed E-state index contributed by atoms with van der Waals surface area (Å²) in [7, 11) is 2.04. The van der Waals surface area contributed by atoms with Gasteiger partial charge in [0.1, 0.15) is 0 Å². The molecule has 0 bridgehead atoms. The lowest BCUT2D eigenvalue weighted by atomic mass is 9.99. The van der Waals surface area contributed by atoms with Gasteiger partial charge >= 0.3 is 0 Å².